The smallest absolute Gasteiger partial charge is 0.227 e. The molecule has 0 amide bonds. The first kappa shape index (κ1) is 18.6. The first-order valence-corrected chi connectivity index (χ1v) is 10.2. The third-order valence-corrected chi connectivity index (χ3v) is 5.44. The lowest BCUT2D eigenvalue weighted by atomic mass is 10.00. The Balaban J connectivity index is 1.45. The van der Waals surface area contributed by atoms with Gasteiger partial charge in [-0.05, 0) is 48.9 Å². The average Bonchev–Trinajstić information content (AvgIpc) is 3.40. The molecule has 3 aromatic rings. The molecule has 3 heterocycles. The van der Waals surface area contributed by atoms with Crippen molar-refractivity contribution in [1.29, 1.82) is 0 Å². The van der Waals surface area contributed by atoms with Crippen LogP contribution in [0.25, 0.3) is 10.9 Å². The van der Waals surface area contributed by atoms with Gasteiger partial charge in [0.2, 0.25) is 5.95 Å². The molecule has 1 unspecified atom stereocenters. The van der Waals surface area contributed by atoms with E-state index in [0.29, 0.717) is 11.6 Å². The highest BCUT2D eigenvalue weighted by Gasteiger charge is 2.21. The Morgan fingerprint density at radius 2 is 2.17 bits per heavy atom. The number of hydrazone groups is 1. The minimum Gasteiger partial charge on any atom is -0.489 e. The number of rotatable bonds is 5. The molecule has 0 radical (unpaired) electrons. The van der Waals surface area contributed by atoms with Crippen LogP contribution in [0, 0.1) is 0 Å². The summed E-state index contributed by atoms with van der Waals surface area (Å²) in [5.74, 6) is 1.61. The van der Waals surface area contributed by atoms with Gasteiger partial charge in [-0.15, -0.1) is 0 Å². The Morgan fingerprint density at radius 3 is 2.97 bits per heavy atom. The van der Waals surface area contributed by atoms with E-state index in [-0.39, 0.29) is 12.0 Å². The van der Waals surface area contributed by atoms with Crippen molar-refractivity contribution in [3.8, 4) is 5.75 Å². The Bertz CT molecular complexity index is 1090. The molecular formula is C22H25N7O. The van der Waals surface area contributed by atoms with Crippen LogP contribution in [0.1, 0.15) is 17.9 Å². The second-order valence-corrected chi connectivity index (χ2v) is 7.87. The summed E-state index contributed by atoms with van der Waals surface area (Å²) < 4.78 is 6.25. The van der Waals surface area contributed by atoms with Crippen molar-refractivity contribution in [2.24, 2.45) is 5.10 Å². The number of fused-ring (bicyclic) bond motifs is 1. The molecular weight excluding hydrogens is 378 g/mol. The number of benzene rings is 2. The van der Waals surface area contributed by atoms with Gasteiger partial charge in [-0.2, -0.15) is 5.10 Å². The van der Waals surface area contributed by atoms with Gasteiger partial charge >= 0.3 is 0 Å². The molecule has 154 valence electrons. The Kier molecular flexibility index (Phi) is 4.84. The highest BCUT2D eigenvalue weighted by Crippen LogP contribution is 2.30. The maximum atomic E-state index is 6.25. The van der Waals surface area contributed by atoms with E-state index in [1.54, 1.807) is 6.20 Å². The SMILES string of the molecule is CN1CC(c2cc(Nc3ncc4cc(N)ccc4n3)cc(O[C@H]3CCNC3)c2)C=N1. The highest BCUT2D eigenvalue weighted by atomic mass is 16.5. The number of ether oxygens (including phenoxy) is 1. The summed E-state index contributed by atoms with van der Waals surface area (Å²) in [6.07, 6.45) is 4.97. The molecule has 2 aliphatic rings. The minimum absolute atomic E-state index is 0.190. The zero-order valence-corrected chi connectivity index (χ0v) is 16.9. The lowest BCUT2D eigenvalue weighted by Gasteiger charge is -2.18. The molecule has 4 N–H and O–H groups in total. The zero-order valence-electron chi connectivity index (χ0n) is 16.9. The quantitative estimate of drug-likeness (QED) is 0.563. The Hall–Kier alpha value is -3.39. The van der Waals surface area contributed by atoms with Gasteiger partial charge in [0.25, 0.3) is 0 Å². The highest BCUT2D eigenvalue weighted by molar-refractivity contribution is 5.82. The lowest BCUT2D eigenvalue weighted by molar-refractivity contribution is 0.223. The molecule has 2 atom stereocenters. The van der Waals surface area contributed by atoms with Crippen LogP contribution in [-0.4, -0.2) is 54.0 Å². The largest absolute Gasteiger partial charge is 0.489 e. The van der Waals surface area contributed by atoms with Crippen LogP contribution in [-0.2, 0) is 0 Å². The molecule has 2 aliphatic heterocycles. The molecule has 8 heteroatoms. The van der Waals surface area contributed by atoms with Crippen LogP contribution >= 0.6 is 0 Å². The summed E-state index contributed by atoms with van der Waals surface area (Å²) in [5, 5.41) is 13.9. The minimum atomic E-state index is 0.190. The van der Waals surface area contributed by atoms with Crippen LogP contribution in [0.3, 0.4) is 0 Å². The molecule has 0 aliphatic carbocycles. The van der Waals surface area contributed by atoms with Crippen molar-refractivity contribution in [2.75, 3.05) is 37.7 Å². The van der Waals surface area contributed by atoms with Gasteiger partial charge in [0, 0.05) is 61.3 Å². The number of nitrogens with one attached hydrogen (secondary N) is 2. The van der Waals surface area contributed by atoms with Crippen LogP contribution < -0.4 is 21.1 Å². The van der Waals surface area contributed by atoms with Gasteiger partial charge < -0.3 is 21.1 Å². The normalized spacial score (nSPS) is 20.8. The Labute approximate surface area is 175 Å². The molecule has 8 nitrogen and oxygen atoms in total. The van der Waals surface area contributed by atoms with Gasteiger partial charge in [0.05, 0.1) is 5.52 Å². The van der Waals surface area contributed by atoms with Gasteiger partial charge in [-0.3, -0.25) is 5.01 Å². The molecule has 1 saturated heterocycles. The predicted octanol–water partition coefficient (Wildman–Crippen LogP) is 2.71. The standard InChI is InChI=1S/C22H25N7O/c1-29-13-16(11-26-29)14-7-18(9-20(8-14)30-19-4-5-24-12-19)27-22-25-10-15-6-17(23)2-3-21(15)28-22/h2-3,6-11,16,19,24H,4-5,12-13,23H2,1H3,(H,25,27,28)/t16?,19-/m0/s1. The van der Waals surface area contributed by atoms with Gasteiger partial charge in [0.1, 0.15) is 11.9 Å². The molecule has 5 rings (SSSR count). The topological polar surface area (TPSA) is 101 Å². The number of nitrogen functional groups attached to an aromatic ring is 1. The first-order chi connectivity index (χ1) is 14.6. The van der Waals surface area contributed by atoms with Crippen molar-refractivity contribution in [3.63, 3.8) is 0 Å². The summed E-state index contributed by atoms with van der Waals surface area (Å²) in [4.78, 5) is 9.07. The van der Waals surface area contributed by atoms with Crippen molar-refractivity contribution >= 4 is 34.4 Å². The zero-order chi connectivity index (χ0) is 20.5. The fourth-order valence-corrected chi connectivity index (χ4v) is 3.90. The van der Waals surface area contributed by atoms with Crippen molar-refractivity contribution in [2.45, 2.75) is 18.4 Å². The Morgan fingerprint density at radius 1 is 1.23 bits per heavy atom. The van der Waals surface area contributed by atoms with E-state index in [1.807, 2.05) is 42.5 Å². The number of nitrogens with two attached hydrogens (primary N) is 1. The van der Waals surface area contributed by atoms with Crippen LogP contribution in [0.4, 0.5) is 17.3 Å². The molecule has 1 aromatic heterocycles. The average molecular weight is 403 g/mol. The second kappa shape index (κ2) is 7.79. The predicted molar refractivity (Wildman–Crippen MR) is 119 cm³/mol. The molecule has 0 saturated carbocycles. The molecule has 0 spiro atoms. The number of nitrogens with zero attached hydrogens (tertiary/aromatic N) is 4. The molecule has 0 bridgehead atoms. The number of aromatic nitrogens is 2. The summed E-state index contributed by atoms with van der Waals surface area (Å²) in [7, 11) is 1.98. The monoisotopic (exact) mass is 403 g/mol. The van der Waals surface area contributed by atoms with E-state index in [4.69, 9.17) is 10.5 Å². The molecule has 2 aromatic carbocycles. The van der Waals surface area contributed by atoms with Crippen LogP contribution in [0.5, 0.6) is 5.75 Å². The number of hydrogen-bond acceptors (Lipinski definition) is 8. The third kappa shape index (κ3) is 3.99. The molecule has 1 fully saturated rings. The third-order valence-electron chi connectivity index (χ3n) is 5.44. The fourth-order valence-electron chi connectivity index (χ4n) is 3.90. The molecule has 30 heavy (non-hydrogen) atoms. The fraction of sp³-hybridized carbons (Fsp3) is 0.318. The van der Waals surface area contributed by atoms with E-state index >= 15 is 0 Å². The van der Waals surface area contributed by atoms with Crippen LogP contribution in [0.2, 0.25) is 0 Å². The van der Waals surface area contributed by atoms with E-state index in [0.717, 1.165) is 54.0 Å². The lowest BCUT2D eigenvalue weighted by Crippen LogP contribution is -2.20. The van der Waals surface area contributed by atoms with Crippen molar-refractivity contribution in [3.05, 3.63) is 48.2 Å². The maximum Gasteiger partial charge on any atom is 0.227 e. The summed E-state index contributed by atoms with van der Waals surface area (Å²) in [6.45, 7) is 2.71. The number of hydrogen-bond donors (Lipinski definition) is 3. The summed E-state index contributed by atoms with van der Waals surface area (Å²) in [6, 6.07) is 11.9. The van der Waals surface area contributed by atoms with Gasteiger partial charge in [-0.25, -0.2) is 9.97 Å². The van der Waals surface area contributed by atoms with Crippen molar-refractivity contribution in [1.82, 2.24) is 20.3 Å². The first-order valence-electron chi connectivity index (χ1n) is 10.2. The van der Waals surface area contributed by atoms with Crippen molar-refractivity contribution < 1.29 is 4.74 Å². The van der Waals surface area contributed by atoms with Gasteiger partial charge in [0.15, 0.2) is 0 Å². The van der Waals surface area contributed by atoms with Crippen LogP contribution in [0.15, 0.2) is 47.7 Å². The summed E-state index contributed by atoms with van der Waals surface area (Å²) in [5.41, 5.74) is 9.44. The second-order valence-electron chi connectivity index (χ2n) is 7.87. The van der Waals surface area contributed by atoms with Gasteiger partial charge in [-0.1, -0.05) is 0 Å². The summed E-state index contributed by atoms with van der Waals surface area (Å²) >= 11 is 0. The van der Waals surface area contributed by atoms with E-state index < -0.39 is 0 Å². The van der Waals surface area contributed by atoms with E-state index in [2.05, 4.69) is 37.8 Å². The van der Waals surface area contributed by atoms with E-state index in [9.17, 15) is 0 Å². The number of anilines is 3. The maximum absolute atomic E-state index is 6.25. The number of likely N-dealkylation sites (N-methyl/N-ethyl adjacent to an activating group) is 1. The van der Waals surface area contributed by atoms with E-state index in [1.165, 1.54) is 0 Å².